The van der Waals surface area contributed by atoms with Crippen molar-refractivity contribution in [2.45, 2.75) is 46.1 Å². The Morgan fingerprint density at radius 1 is 0.947 bits per heavy atom. The monoisotopic (exact) mass is 513 g/mol. The van der Waals surface area contributed by atoms with Crippen molar-refractivity contribution in [1.29, 1.82) is 0 Å². The second-order valence-electron chi connectivity index (χ2n) is 9.79. The third-order valence-electron chi connectivity index (χ3n) is 6.81. The average Bonchev–Trinajstić information content (AvgIpc) is 2.95. The molecular formula is C32H39N3O3. The van der Waals surface area contributed by atoms with Gasteiger partial charge in [0.05, 0.1) is 19.4 Å². The van der Waals surface area contributed by atoms with Crippen LogP contribution in [0.25, 0.3) is 0 Å². The predicted octanol–water partition coefficient (Wildman–Crippen LogP) is 6.09. The molecule has 0 unspecified atom stereocenters. The Hall–Kier alpha value is -3.64. The molecule has 6 nitrogen and oxygen atoms in total. The van der Waals surface area contributed by atoms with Gasteiger partial charge in [0, 0.05) is 12.1 Å². The first-order chi connectivity index (χ1) is 18.6. The number of hydrogen-bond donors (Lipinski definition) is 1. The van der Waals surface area contributed by atoms with E-state index >= 15 is 0 Å². The van der Waals surface area contributed by atoms with Crippen molar-refractivity contribution in [1.82, 2.24) is 10.3 Å². The van der Waals surface area contributed by atoms with Crippen LogP contribution in [0.5, 0.6) is 11.5 Å². The van der Waals surface area contributed by atoms with Crippen molar-refractivity contribution in [3.63, 3.8) is 0 Å². The van der Waals surface area contributed by atoms with E-state index in [4.69, 9.17) is 9.47 Å². The number of rotatable bonds is 12. The summed E-state index contributed by atoms with van der Waals surface area (Å²) >= 11 is 0. The minimum Gasteiger partial charge on any atom is -0.490 e. The molecule has 1 N–H and O–H groups in total. The van der Waals surface area contributed by atoms with E-state index in [1.807, 2.05) is 49.4 Å². The normalized spacial score (nSPS) is 14.5. The second kappa shape index (κ2) is 14.3. The molecule has 3 aromatic carbocycles. The molecule has 1 fully saturated rings. The summed E-state index contributed by atoms with van der Waals surface area (Å²) in [6.45, 7) is 8.33. The number of hydrazone groups is 1. The molecular weight excluding hydrogens is 474 g/mol. The molecule has 0 spiro atoms. The van der Waals surface area contributed by atoms with Crippen LogP contribution >= 0.6 is 0 Å². The molecule has 0 aromatic heterocycles. The van der Waals surface area contributed by atoms with Crippen LogP contribution in [-0.2, 0) is 13.0 Å². The van der Waals surface area contributed by atoms with Crippen molar-refractivity contribution in [3.05, 3.63) is 95.1 Å². The number of carbonyl (C=O) groups excluding carboxylic acids is 1. The molecule has 0 atom stereocenters. The highest BCUT2D eigenvalue weighted by Gasteiger charge is 2.19. The lowest BCUT2D eigenvalue weighted by molar-refractivity contribution is 0.0955. The van der Waals surface area contributed by atoms with Gasteiger partial charge in [-0.25, -0.2) is 5.43 Å². The summed E-state index contributed by atoms with van der Waals surface area (Å²) in [6, 6.07) is 24.2. The molecule has 38 heavy (non-hydrogen) atoms. The SMILES string of the molecule is CCCOc1ccc(/C=N\NC(=O)c2ccc(CN3CCC(Cc4ccccc4)CC3)cc2)cc1OCC. The number of nitrogens with zero attached hydrogens (tertiary/aromatic N) is 2. The van der Waals surface area contributed by atoms with Gasteiger partial charge in [-0.3, -0.25) is 9.69 Å². The highest BCUT2D eigenvalue weighted by molar-refractivity contribution is 5.95. The number of amides is 1. The lowest BCUT2D eigenvalue weighted by Crippen LogP contribution is -2.33. The number of ether oxygens (including phenoxy) is 2. The lowest BCUT2D eigenvalue weighted by atomic mass is 9.90. The van der Waals surface area contributed by atoms with Crippen LogP contribution in [0.1, 0.15) is 60.2 Å². The first kappa shape index (κ1) is 27.4. The van der Waals surface area contributed by atoms with Gasteiger partial charge in [-0.05, 0) is 98.6 Å². The molecule has 0 radical (unpaired) electrons. The molecule has 0 bridgehead atoms. The second-order valence-corrected chi connectivity index (χ2v) is 9.79. The Kier molecular flexibility index (Phi) is 10.3. The van der Waals surface area contributed by atoms with Crippen LogP contribution in [0.15, 0.2) is 77.9 Å². The van der Waals surface area contributed by atoms with Gasteiger partial charge in [0.15, 0.2) is 11.5 Å². The quantitative estimate of drug-likeness (QED) is 0.235. The van der Waals surface area contributed by atoms with E-state index in [1.165, 1.54) is 30.4 Å². The largest absolute Gasteiger partial charge is 0.490 e. The number of nitrogens with one attached hydrogen (secondary N) is 1. The van der Waals surface area contributed by atoms with Crippen molar-refractivity contribution in [3.8, 4) is 11.5 Å². The maximum absolute atomic E-state index is 12.6. The molecule has 0 saturated carbocycles. The van der Waals surface area contributed by atoms with Crippen molar-refractivity contribution < 1.29 is 14.3 Å². The van der Waals surface area contributed by atoms with Crippen molar-refractivity contribution >= 4 is 12.1 Å². The first-order valence-electron chi connectivity index (χ1n) is 13.7. The Balaban J connectivity index is 1.24. The molecule has 1 aliphatic rings. The number of benzene rings is 3. The van der Waals surface area contributed by atoms with E-state index in [-0.39, 0.29) is 5.91 Å². The zero-order chi connectivity index (χ0) is 26.6. The van der Waals surface area contributed by atoms with Gasteiger partial charge in [-0.2, -0.15) is 5.10 Å². The van der Waals surface area contributed by atoms with Gasteiger partial charge in [-0.15, -0.1) is 0 Å². The summed E-state index contributed by atoms with van der Waals surface area (Å²) in [6.07, 6.45) is 6.17. The summed E-state index contributed by atoms with van der Waals surface area (Å²) in [5.74, 6) is 1.92. The first-order valence-corrected chi connectivity index (χ1v) is 13.7. The molecule has 200 valence electrons. The van der Waals surface area contributed by atoms with Crippen LogP contribution in [0.2, 0.25) is 0 Å². The van der Waals surface area contributed by atoms with Crippen LogP contribution in [-0.4, -0.2) is 43.3 Å². The van der Waals surface area contributed by atoms with Gasteiger partial charge in [-0.1, -0.05) is 49.4 Å². The van der Waals surface area contributed by atoms with Crippen molar-refractivity contribution in [2.75, 3.05) is 26.3 Å². The number of piperidine rings is 1. The number of likely N-dealkylation sites (tertiary alicyclic amines) is 1. The van der Waals surface area contributed by atoms with E-state index in [1.54, 1.807) is 6.21 Å². The van der Waals surface area contributed by atoms with Gasteiger partial charge in [0.1, 0.15) is 0 Å². The van der Waals surface area contributed by atoms with Crippen LogP contribution in [0, 0.1) is 5.92 Å². The summed E-state index contributed by atoms with van der Waals surface area (Å²) < 4.78 is 11.4. The Morgan fingerprint density at radius 2 is 1.71 bits per heavy atom. The Labute approximate surface area is 226 Å². The van der Waals surface area contributed by atoms with E-state index in [9.17, 15) is 4.79 Å². The fraction of sp³-hybridized carbons (Fsp3) is 0.375. The van der Waals surface area contributed by atoms with Gasteiger partial charge in [0.2, 0.25) is 0 Å². The average molecular weight is 514 g/mol. The minimum atomic E-state index is -0.234. The van der Waals surface area contributed by atoms with Crippen LogP contribution < -0.4 is 14.9 Å². The van der Waals surface area contributed by atoms with Crippen LogP contribution in [0.4, 0.5) is 0 Å². The van der Waals surface area contributed by atoms with E-state index < -0.39 is 0 Å². The summed E-state index contributed by atoms with van der Waals surface area (Å²) in [5.41, 5.74) is 6.69. The number of hydrogen-bond acceptors (Lipinski definition) is 5. The van der Waals surface area contributed by atoms with Gasteiger partial charge < -0.3 is 9.47 Å². The smallest absolute Gasteiger partial charge is 0.271 e. The highest BCUT2D eigenvalue weighted by Crippen LogP contribution is 2.28. The van der Waals surface area contributed by atoms with E-state index in [2.05, 4.69) is 52.7 Å². The summed E-state index contributed by atoms with van der Waals surface area (Å²) in [4.78, 5) is 15.1. The third kappa shape index (κ3) is 8.18. The minimum absolute atomic E-state index is 0.234. The summed E-state index contributed by atoms with van der Waals surface area (Å²) in [5, 5.41) is 4.13. The van der Waals surface area contributed by atoms with Crippen LogP contribution in [0.3, 0.4) is 0 Å². The maximum Gasteiger partial charge on any atom is 0.271 e. The maximum atomic E-state index is 12.6. The number of carbonyl (C=O) groups is 1. The Bertz CT molecular complexity index is 1170. The standard InChI is InChI=1S/C32H39N3O3/c1-3-20-38-30-15-12-28(22-31(30)37-4-2)23-33-34-32(36)29-13-10-27(11-14-29)24-35-18-16-26(17-19-35)21-25-8-6-5-7-9-25/h5-15,22-23,26H,3-4,16-21,24H2,1-2H3,(H,34,36)/b33-23-. The molecule has 3 aromatic rings. The molecule has 4 rings (SSSR count). The molecule has 0 aliphatic carbocycles. The van der Waals surface area contributed by atoms with Gasteiger partial charge >= 0.3 is 0 Å². The molecule has 1 heterocycles. The highest BCUT2D eigenvalue weighted by atomic mass is 16.5. The zero-order valence-corrected chi connectivity index (χ0v) is 22.6. The molecule has 6 heteroatoms. The lowest BCUT2D eigenvalue weighted by Gasteiger charge is -2.32. The zero-order valence-electron chi connectivity index (χ0n) is 22.6. The topological polar surface area (TPSA) is 63.2 Å². The molecule has 1 saturated heterocycles. The third-order valence-corrected chi connectivity index (χ3v) is 6.81. The molecule has 1 aliphatic heterocycles. The fourth-order valence-corrected chi connectivity index (χ4v) is 4.75. The molecule has 1 amide bonds. The fourth-order valence-electron chi connectivity index (χ4n) is 4.75. The van der Waals surface area contributed by atoms with Gasteiger partial charge in [0.25, 0.3) is 5.91 Å². The predicted molar refractivity (Wildman–Crippen MR) is 153 cm³/mol. The summed E-state index contributed by atoms with van der Waals surface area (Å²) in [7, 11) is 0. The Morgan fingerprint density at radius 3 is 2.42 bits per heavy atom. The van der Waals surface area contributed by atoms with E-state index in [0.29, 0.717) is 30.3 Å². The van der Waals surface area contributed by atoms with Crippen molar-refractivity contribution in [2.24, 2.45) is 11.0 Å². The van der Waals surface area contributed by atoms with E-state index in [0.717, 1.165) is 37.5 Å².